The van der Waals surface area contributed by atoms with Gasteiger partial charge in [-0.1, -0.05) is 42.5 Å². The van der Waals surface area contributed by atoms with Crippen LogP contribution >= 0.6 is 24.0 Å². The van der Waals surface area contributed by atoms with Crippen LogP contribution in [0.2, 0.25) is 0 Å². The van der Waals surface area contributed by atoms with Gasteiger partial charge in [0, 0.05) is 18.0 Å². The Bertz CT molecular complexity index is 724. The van der Waals surface area contributed by atoms with E-state index in [-0.39, 0.29) is 0 Å². The van der Waals surface area contributed by atoms with Crippen molar-refractivity contribution < 1.29 is 0 Å². The highest BCUT2D eigenvalue weighted by molar-refractivity contribution is 7.98. The Morgan fingerprint density at radius 1 is 1.07 bits per heavy atom. The molecule has 3 N–H and O–H groups in total. The Hall–Kier alpha value is -0.580. The molecule has 5 aliphatic carbocycles. The van der Waals surface area contributed by atoms with Crippen LogP contribution < -0.4 is 11.1 Å². The fourth-order valence-electron chi connectivity index (χ4n) is 7.92. The molecule has 0 aromatic heterocycles. The summed E-state index contributed by atoms with van der Waals surface area (Å²) in [5.41, 5.74) is 8.64. The third-order valence-corrected chi connectivity index (χ3v) is 9.97. The van der Waals surface area contributed by atoms with Crippen molar-refractivity contribution in [1.82, 2.24) is 5.32 Å². The fraction of sp³-hybridized carbons (Fsp3) is 0.720. The molecule has 4 heteroatoms. The molecule has 4 bridgehead atoms. The van der Waals surface area contributed by atoms with Crippen LogP contribution in [0.1, 0.15) is 63.4 Å². The summed E-state index contributed by atoms with van der Waals surface area (Å²) in [6, 6.07) is 12.4. The monoisotopic (exact) mass is 428 g/mol. The van der Waals surface area contributed by atoms with Gasteiger partial charge in [-0.2, -0.15) is 11.8 Å². The topological polar surface area (TPSA) is 38.0 Å². The van der Waals surface area contributed by atoms with E-state index in [1.807, 2.05) is 0 Å². The number of hydrogen-bond donors (Lipinski definition) is 2. The van der Waals surface area contributed by atoms with Crippen molar-refractivity contribution in [2.45, 2.75) is 75.3 Å². The molecule has 6 rings (SSSR count). The minimum atomic E-state index is 0.395. The van der Waals surface area contributed by atoms with E-state index < -0.39 is 0 Å². The largest absolute Gasteiger partial charge is 0.377 e. The molecule has 1 aromatic rings. The van der Waals surface area contributed by atoms with Crippen molar-refractivity contribution in [2.24, 2.45) is 28.9 Å². The number of benzene rings is 1. The van der Waals surface area contributed by atoms with Crippen LogP contribution in [0, 0.1) is 23.2 Å². The number of nitrogens with two attached hydrogens (primary N) is 1. The highest BCUT2D eigenvalue weighted by Crippen LogP contribution is 2.68. The lowest BCUT2D eigenvalue weighted by Gasteiger charge is -2.65. The average molecular weight is 429 g/mol. The molecule has 0 amide bonds. The first-order valence-electron chi connectivity index (χ1n) is 11.6. The van der Waals surface area contributed by atoms with E-state index in [2.05, 4.69) is 53.7 Å². The predicted molar refractivity (Wildman–Crippen MR) is 128 cm³/mol. The molecule has 1 aromatic carbocycles. The number of rotatable bonds is 5. The molecule has 29 heavy (non-hydrogen) atoms. The van der Waals surface area contributed by atoms with Gasteiger partial charge < -0.3 is 11.1 Å². The number of nitrogens with one attached hydrogen (secondary N) is 1. The summed E-state index contributed by atoms with van der Waals surface area (Å²) in [6.07, 6.45) is 13.8. The van der Waals surface area contributed by atoms with Crippen molar-refractivity contribution in [3.63, 3.8) is 0 Å². The quantitative estimate of drug-likeness (QED) is 0.624. The summed E-state index contributed by atoms with van der Waals surface area (Å²) >= 11 is 8.16. The number of hydrogen-bond acceptors (Lipinski definition) is 3. The van der Waals surface area contributed by atoms with Crippen LogP contribution in [-0.2, 0) is 5.41 Å². The first-order valence-corrected chi connectivity index (χ1v) is 13.4. The standard InChI is InChI=1S/C25H36N2S2/c1-29-16-24-11-17-13-25(15-24,19-5-3-2-4-6-19)14-18(12-24)22(17)23(28)27-21-9-7-20(26)8-10-21/h2-6,17-18,20-22H,7-16,26H2,1H3,(H,27,28). The van der Waals surface area contributed by atoms with Crippen molar-refractivity contribution in [3.8, 4) is 0 Å². The Morgan fingerprint density at radius 3 is 2.34 bits per heavy atom. The summed E-state index contributed by atoms with van der Waals surface area (Å²) in [7, 11) is 0. The highest BCUT2D eigenvalue weighted by Gasteiger charge is 2.61. The molecule has 5 fully saturated rings. The van der Waals surface area contributed by atoms with E-state index in [1.54, 1.807) is 5.56 Å². The van der Waals surface area contributed by atoms with E-state index >= 15 is 0 Å². The third kappa shape index (κ3) is 3.68. The first-order chi connectivity index (χ1) is 14.0. The molecule has 2 nitrogen and oxygen atoms in total. The molecule has 2 atom stereocenters. The van der Waals surface area contributed by atoms with Crippen molar-refractivity contribution >= 4 is 29.0 Å². The van der Waals surface area contributed by atoms with Crippen LogP contribution in [0.25, 0.3) is 0 Å². The fourth-order valence-corrected chi connectivity index (χ4v) is 9.42. The lowest BCUT2D eigenvalue weighted by molar-refractivity contribution is -0.0803. The number of thiocarbonyl (C=S) groups is 1. The van der Waals surface area contributed by atoms with Crippen LogP contribution in [-0.4, -0.2) is 29.1 Å². The van der Waals surface area contributed by atoms with Gasteiger partial charge in [-0.05, 0) is 98.0 Å². The lowest BCUT2D eigenvalue weighted by Crippen LogP contribution is -2.61. The van der Waals surface area contributed by atoms with Gasteiger partial charge in [0.2, 0.25) is 0 Å². The summed E-state index contributed by atoms with van der Waals surface area (Å²) in [5.74, 6) is 3.44. The van der Waals surface area contributed by atoms with Crippen LogP contribution in [0.15, 0.2) is 30.3 Å². The summed E-state index contributed by atoms with van der Waals surface area (Å²) in [5, 5.41) is 3.83. The molecule has 5 aliphatic rings. The zero-order chi connectivity index (χ0) is 20.1. The molecule has 2 unspecified atom stereocenters. The summed E-state index contributed by atoms with van der Waals surface area (Å²) in [4.78, 5) is 1.20. The highest BCUT2D eigenvalue weighted by atomic mass is 32.2. The maximum Gasteiger partial charge on any atom is 0.0792 e. The van der Waals surface area contributed by atoms with Gasteiger partial charge in [0.15, 0.2) is 0 Å². The SMILES string of the molecule is CSCC12CC3CC(c4ccccc4)(CC(C1)C3C(=S)NC1CCC(N)CC1)C2. The molecule has 0 saturated heterocycles. The average Bonchev–Trinajstić information content (AvgIpc) is 2.69. The minimum Gasteiger partial charge on any atom is -0.377 e. The van der Waals surface area contributed by atoms with Gasteiger partial charge in [-0.25, -0.2) is 0 Å². The molecule has 0 spiro atoms. The predicted octanol–water partition coefficient (Wildman–Crippen LogP) is 5.30. The van der Waals surface area contributed by atoms with E-state index in [0.717, 1.165) is 24.7 Å². The molecule has 158 valence electrons. The maximum absolute atomic E-state index is 6.12. The zero-order valence-corrected chi connectivity index (χ0v) is 19.4. The van der Waals surface area contributed by atoms with Crippen molar-refractivity contribution in [1.29, 1.82) is 0 Å². The molecule has 0 heterocycles. The van der Waals surface area contributed by atoms with E-state index in [1.165, 1.54) is 55.7 Å². The first kappa shape index (κ1) is 20.3. The van der Waals surface area contributed by atoms with Gasteiger partial charge in [-0.15, -0.1) is 0 Å². The molecule has 0 aliphatic heterocycles. The van der Waals surface area contributed by atoms with Gasteiger partial charge in [0.05, 0.1) is 4.99 Å². The Labute approximate surface area is 186 Å². The van der Waals surface area contributed by atoms with Gasteiger partial charge in [0.25, 0.3) is 0 Å². The molecular formula is C25H36N2S2. The molecule has 0 radical (unpaired) electrons. The summed E-state index contributed by atoms with van der Waals surface area (Å²) < 4.78 is 0. The maximum atomic E-state index is 6.12. The van der Waals surface area contributed by atoms with Crippen LogP contribution in [0.3, 0.4) is 0 Å². The smallest absolute Gasteiger partial charge is 0.0792 e. The van der Waals surface area contributed by atoms with E-state index in [0.29, 0.717) is 28.8 Å². The third-order valence-electron chi connectivity index (χ3n) is 8.68. The van der Waals surface area contributed by atoms with Crippen LogP contribution in [0.4, 0.5) is 0 Å². The van der Waals surface area contributed by atoms with Crippen LogP contribution in [0.5, 0.6) is 0 Å². The van der Waals surface area contributed by atoms with E-state index in [9.17, 15) is 0 Å². The Morgan fingerprint density at radius 2 is 1.72 bits per heavy atom. The lowest BCUT2D eigenvalue weighted by atomic mass is 9.40. The van der Waals surface area contributed by atoms with Gasteiger partial charge >= 0.3 is 0 Å². The normalized spacial score (nSPS) is 43.3. The second-order valence-corrected chi connectivity index (χ2v) is 12.0. The van der Waals surface area contributed by atoms with Crippen molar-refractivity contribution in [3.05, 3.63) is 35.9 Å². The summed E-state index contributed by atoms with van der Waals surface area (Å²) in [6.45, 7) is 0. The Kier molecular flexibility index (Phi) is 5.49. The molecule has 5 saturated carbocycles. The van der Waals surface area contributed by atoms with E-state index in [4.69, 9.17) is 18.0 Å². The number of thioether (sulfide) groups is 1. The molecular weight excluding hydrogens is 392 g/mol. The minimum absolute atomic E-state index is 0.395. The van der Waals surface area contributed by atoms with Gasteiger partial charge in [0.1, 0.15) is 0 Å². The van der Waals surface area contributed by atoms with Crippen molar-refractivity contribution in [2.75, 3.05) is 12.0 Å². The zero-order valence-electron chi connectivity index (χ0n) is 17.7. The van der Waals surface area contributed by atoms with Gasteiger partial charge in [-0.3, -0.25) is 0 Å². The second kappa shape index (κ2) is 7.84. The Balaban J connectivity index is 1.38. The second-order valence-electron chi connectivity index (χ2n) is 10.7.